The number of hydrogen-bond acceptors (Lipinski definition) is 1. The second-order valence-electron chi connectivity index (χ2n) is 3.03. The highest BCUT2D eigenvalue weighted by Gasteiger charge is 2.38. The van der Waals surface area contributed by atoms with Crippen LogP contribution in [-0.4, -0.2) is 23.8 Å². The van der Waals surface area contributed by atoms with E-state index in [9.17, 15) is 22.0 Å². The first-order valence-corrected chi connectivity index (χ1v) is 3.76. The Morgan fingerprint density at radius 3 is 1.92 bits per heavy atom. The molecule has 0 bridgehead atoms. The molecule has 6 heteroatoms. The Bertz CT molecular complexity index is 144. The molecule has 0 saturated heterocycles. The van der Waals surface area contributed by atoms with Gasteiger partial charge in [0.05, 0.1) is 0 Å². The zero-order valence-electron chi connectivity index (χ0n) is 6.98. The summed E-state index contributed by atoms with van der Waals surface area (Å²) in [5, 5.41) is 8.50. The maximum Gasteiger partial charge on any atom is 0.414 e. The fraction of sp³-hybridized carbons (Fsp3) is 1.00. The van der Waals surface area contributed by atoms with Crippen molar-refractivity contribution < 1.29 is 27.1 Å². The van der Waals surface area contributed by atoms with Gasteiger partial charge in [-0.2, -0.15) is 13.2 Å². The Morgan fingerprint density at radius 2 is 1.62 bits per heavy atom. The van der Waals surface area contributed by atoms with Crippen LogP contribution in [0.15, 0.2) is 0 Å². The highest BCUT2D eigenvalue weighted by atomic mass is 19.4. The fourth-order valence-electron chi connectivity index (χ4n) is 0.915. The zero-order chi connectivity index (χ0) is 10.6. The van der Waals surface area contributed by atoms with E-state index in [0.29, 0.717) is 0 Å². The molecule has 1 N–H and O–H groups in total. The van der Waals surface area contributed by atoms with Crippen LogP contribution in [0.5, 0.6) is 0 Å². The van der Waals surface area contributed by atoms with Gasteiger partial charge in [0, 0.05) is 6.42 Å². The van der Waals surface area contributed by atoms with E-state index in [1.807, 2.05) is 0 Å². The predicted molar refractivity (Wildman–Crippen MR) is 36.5 cm³/mol. The number of halogens is 5. The third-order valence-corrected chi connectivity index (χ3v) is 1.58. The van der Waals surface area contributed by atoms with Gasteiger partial charge in [0.15, 0.2) is 0 Å². The lowest BCUT2D eigenvalue weighted by atomic mass is 10.0. The molecule has 0 radical (unpaired) electrons. The molecule has 0 amide bonds. The van der Waals surface area contributed by atoms with Gasteiger partial charge in [-0.15, -0.1) is 0 Å². The third-order valence-electron chi connectivity index (χ3n) is 1.58. The number of rotatable bonds is 4. The van der Waals surface area contributed by atoms with Crippen molar-refractivity contribution >= 4 is 0 Å². The van der Waals surface area contributed by atoms with Gasteiger partial charge in [0.25, 0.3) is 0 Å². The fourth-order valence-corrected chi connectivity index (χ4v) is 0.915. The topological polar surface area (TPSA) is 20.2 Å². The molecule has 0 rings (SSSR count). The third kappa shape index (κ3) is 5.79. The molecule has 0 fully saturated rings. The van der Waals surface area contributed by atoms with E-state index in [-0.39, 0.29) is 0 Å². The average Bonchev–Trinajstić information content (AvgIpc) is 1.82. The summed E-state index contributed by atoms with van der Waals surface area (Å²) in [5.41, 5.74) is 0. The van der Waals surface area contributed by atoms with Crippen LogP contribution in [0.4, 0.5) is 22.0 Å². The minimum absolute atomic E-state index is 0.618. The van der Waals surface area contributed by atoms with Gasteiger partial charge in [0.2, 0.25) is 6.43 Å². The van der Waals surface area contributed by atoms with E-state index in [1.54, 1.807) is 0 Å². The molecule has 13 heavy (non-hydrogen) atoms. The quantitative estimate of drug-likeness (QED) is 0.701. The van der Waals surface area contributed by atoms with Crippen molar-refractivity contribution in [3.8, 4) is 0 Å². The molecule has 0 aliphatic carbocycles. The normalized spacial score (nSPS) is 17.5. The molecule has 0 aliphatic rings. The van der Waals surface area contributed by atoms with E-state index in [2.05, 4.69) is 0 Å². The molecule has 0 aromatic heterocycles. The molecule has 0 aromatic rings. The summed E-state index contributed by atoms with van der Waals surface area (Å²) in [5.74, 6) is -0.836. The largest absolute Gasteiger partial charge is 0.414 e. The van der Waals surface area contributed by atoms with Gasteiger partial charge in [-0.1, -0.05) is 6.92 Å². The van der Waals surface area contributed by atoms with Gasteiger partial charge in [-0.25, -0.2) is 8.78 Å². The maximum atomic E-state index is 11.7. The summed E-state index contributed by atoms with van der Waals surface area (Å²) < 4.78 is 58.5. The highest BCUT2D eigenvalue weighted by Crippen LogP contribution is 2.26. The lowest BCUT2D eigenvalue weighted by molar-refractivity contribution is -0.208. The van der Waals surface area contributed by atoms with Crippen molar-refractivity contribution in [3.05, 3.63) is 0 Å². The van der Waals surface area contributed by atoms with E-state index in [1.165, 1.54) is 6.92 Å². The van der Waals surface area contributed by atoms with Gasteiger partial charge in [-0.05, 0) is 12.3 Å². The van der Waals surface area contributed by atoms with Gasteiger partial charge >= 0.3 is 6.18 Å². The summed E-state index contributed by atoms with van der Waals surface area (Å²) >= 11 is 0. The van der Waals surface area contributed by atoms with Crippen LogP contribution in [0.25, 0.3) is 0 Å². The monoisotopic (exact) mass is 206 g/mol. The van der Waals surface area contributed by atoms with Crippen LogP contribution in [0.3, 0.4) is 0 Å². The van der Waals surface area contributed by atoms with Crippen LogP contribution in [0.1, 0.15) is 19.8 Å². The van der Waals surface area contributed by atoms with Crippen molar-refractivity contribution in [2.24, 2.45) is 5.92 Å². The van der Waals surface area contributed by atoms with E-state index in [4.69, 9.17) is 5.11 Å². The summed E-state index contributed by atoms with van der Waals surface area (Å²) in [6, 6.07) is 0. The molecule has 0 saturated carbocycles. The predicted octanol–water partition coefficient (Wildman–Crippen LogP) is 2.59. The molecule has 1 nitrogen and oxygen atoms in total. The van der Waals surface area contributed by atoms with Crippen molar-refractivity contribution in [3.63, 3.8) is 0 Å². The minimum atomic E-state index is -4.71. The molecule has 0 aliphatic heterocycles. The highest BCUT2D eigenvalue weighted by molar-refractivity contribution is 4.69. The molecule has 0 heterocycles. The summed E-state index contributed by atoms with van der Waals surface area (Å²) in [4.78, 5) is 0. The van der Waals surface area contributed by atoms with Gasteiger partial charge in [-0.3, -0.25) is 0 Å². The zero-order valence-corrected chi connectivity index (χ0v) is 6.98. The van der Waals surface area contributed by atoms with Gasteiger partial charge < -0.3 is 5.11 Å². The molecule has 0 spiro atoms. The van der Waals surface area contributed by atoms with Crippen molar-refractivity contribution in [2.75, 3.05) is 0 Å². The lowest BCUT2D eigenvalue weighted by Gasteiger charge is -2.18. The molecule has 2 atom stereocenters. The van der Waals surface area contributed by atoms with E-state index < -0.39 is 37.5 Å². The van der Waals surface area contributed by atoms with Crippen molar-refractivity contribution in [2.45, 2.75) is 38.5 Å². The first-order valence-electron chi connectivity index (χ1n) is 3.76. The number of hydrogen-bond donors (Lipinski definition) is 1. The Labute approximate surface area is 72.6 Å². The average molecular weight is 206 g/mol. The van der Waals surface area contributed by atoms with Crippen molar-refractivity contribution in [1.82, 2.24) is 0 Å². The minimum Gasteiger partial charge on any atom is -0.384 e. The maximum absolute atomic E-state index is 11.7. The van der Waals surface area contributed by atoms with Crippen LogP contribution >= 0.6 is 0 Å². The molecule has 2 unspecified atom stereocenters. The van der Waals surface area contributed by atoms with Crippen LogP contribution in [0, 0.1) is 5.92 Å². The number of alkyl halides is 5. The lowest BCUT2D eigenvalue weighted by Crippen LogP contribution is -2.30. The first-order chi connectivity index (χ1) is 5.73. The number of aliphatic hydroxyl groups excluding tert-OH is 1. The van der Waals surface area contributed by atoms with Crippen LogP contribution < -0.4 is 0 Å². The SMILES string of the molecule is CC(CC(F)F)CC(O)C(F)(F)F. The first kappa shape index (κ1) is 12.6. The molecular weight excluding hydrogens is 195 g/mol. The van der Waals surface area contributed by atoms with E-state index >= 15 is 0 Å². The Hall–Kier alpha value is -0.390. The standard InChI is InChI=1S/C7H11F5O/c1-4(3-6(8)9)2-5(13)7(10,11)12/h4-6,13H,2-3H2,1H3. The Kier molecular flexibility index (Phi) is 4.60. The smallest absolute Gasteiger partial charge is 0.384 e. The molecule has 80 valence electrons. The van der Waals surface area contributed by atoms with E-state index in [0.717, 1.165) is 0 Å². The Morgan fingerprint density at radius 1 is 1.15 bits per heavy atom. The van der Waals surface area contributed by atoms with Crippen LogP contribution in [-0.2, 0) is 0 Å². The summed E-state index contributed by atoms with van der Waals surface area (Å²) in [6.45, 7) is 1.25. The van der Waals surface area contributed by atoms with Crippen molar-refractivity contribution in [1.29, 1.82) is 0 Å². The molecule has 0 aromatic carbocycles. The second kappa shape index (κ2) is 4.74. The van der Waals surface area contributed by atoms with Crippen LogP contribution in [0.2, 0.25) is 0 Å². The summed E-state index contributed by atoms with van der Waals surface area (Å²) in [6.07, 6.45) is -11.1. The van der Waals surface area contributed by atoms with Gasteiger partial charge in [0.1, 0.15) is 6.10 Å². The molecular formula is C7H11F5O. The summed E-state index contributed by atoms with van der Waals surface area (Å²) in [7, 11) is 0. The second-order valence-corrected chi connectivity index (χ2v) is 3.03. The Balaban J connectivity index is 3.85. The number of aliphatic hydroxyl groups is 1.